The van der Waals surface area contributed by atoms with E-state index in [0.29, 0.717) is 10.6 Å². The summed E-state index contributed by atoms with van der Waals surface area (Å²) in [6.45, 7) is 1.42. The van der Waals surface area contributed by atoms with Gasteiger partial charge in [-0.05, 0) is 43.5 Å². The fraction of sp³-hybridized carbons (Fsp3) is 0.423. The van der Waals surface area contributed by atoms with Gasteiger partial charge in [0, 0.05) is 30.6 Å². The summed E-state index contributed by atoms with van der Waals surface area (Å²) in [7, 11) is -4.03. The smallest absolute Gasteiger partial charge is 0.269 e. The molecular weight excluding hydrogens is 502 g/mol. The van der Waals surface area contributed by atoms with Gasteiger partial charge < -0.3 is 10.2 Å². The fourth-order valence-corrected chi connectivity index (χ4v) is 6.52. The normalized spacial score (nSPS) is 17.9. The Bertz CT molecular complexity index is 1260. The van der Waals surface area contributed by atoms with Crippen LogP contribution in [0.3, 0.4) is 0 Å². The Kier molecular flexibility index (Phi) is 8.00. The van der Waals surface area contributed by atoms with Crippen LogP contribution >= 0.6 is 11.6 Å². The average Bonchev–Trinajstić information content (AvgIpc) is 3.07. The molecule has 4 rings (SSSR count). The van der Waals surface area contributed by atoms with Gasteiger partial charge in [-0.2, -0.15) is 0 Å². The minimum atomic E-state index is -4.03. The number of hydrogen-bond donors (Lipinski definition) is 1. The second kappa shape index (κ2) is 11.0. The first-order valence-corrected chi connectivity index (χ1v) is 14.0. The van der Waals surface area contributed by atoms with Crippen LogP contribution in [0.25, 0.3) is 0 Å². The van der Waals surface area contributed by atoms with E-state index >= 15 is 0 Å². The highest BCUT2D eigenvalue weighted by Crippen LogP contribution is 2.30. The van der Waals surface area contributed by atoms with E-state index in [9.17, 15) is 22.8 Å². The molecule has 10 heteroatoms. The maximum atomic E-state index is 13.4. The molecule has 2 aromatic rings. The first kappa shape index (κ1) is 26.2. The van der Waals surface area contributed by atoms with Crippen LogP contribution < -0.4 is 5.32 Å². The number of amides is 3. The standard InChI is InChI=1S/C26H30ClN3O5S/c1-18(25(32)28-20-10-3-2-4-11-20)29(17-19-9-5-7-13-22(19)27)24(31)15-16-30-26(33)21-12-6-8-14-23(21)36(30,34)35/h5-9,12-14,18,20H,2-4,10-11,15-17H2,1H3,(H,28,32)/t18-/m0/s1. The summed E-state index contributed by atoms with van der Waals surface area (Å²) in [6.07, 6.45) is 4.83. The zero-order valence-corrected chi connectivity index (χ0v) is 21.7. The highest BCUT2D eigenvalue weighted by molar-refractivity contribution is 7.90. The topological polar surface area (TPSA) is 104 Å². The van der Waals surface area contributed by atoms with Crippen molar-refractivity contribution in [2.24, 2.45) is 0 Å². The lowest BCUT2D eigenvalue weighted by Crippen LogP contribution is -2.51. The molecule has 1 atom stereocenters. The molecule has 8 nitrogen and oxygen atoms in total. The van der Waals surface area contributed by atoms with E-state index in [2.05, 4.69) is 5.32 Å². The first-order valence-electron chi connectivity index (χ1n) is 12.2. The van der Waals surface area contributed by atoms with Gasteiger partial charge in [-0.25, -0.2) is 12.7 Å². The van der Waals surface area contributed by atoms with E-state index in [1.165, 1.54) is 17.0 Å². The van der Waals surface area contributed by atoms with E-state index in [1.54, 1.807) is 43.3 Å². The molecule has 1 fully saturated rings. The second-order valence-electron chi connectivity index (χ2n) is 9.26. The number of hydrogen-bond acceptors (Lipinski definition) is 5. The summed E-state index contributed by atoms with van der Waals surface area (Å²) in [6, 6.07) is 12.3. The van der Waals surface area contributed by atoms with Gasteiger partial charge >= 0.3 is 0 Å². The molecule has 0 radical (unpaired) electrons. The highest BCUT2D eigenvalue weighted by Gasteiger charge is 2.41. The molecule has 1 aliphatic heterocycles. The monoisotopic (exact) mass is 531 g/mol. The molecule has 2 aliphatic rings. The van der Waals surface area contributed by atoms with E-state index in [-0.39, 0.29) is 41.9 Å². The Labute approximate surface area is 216 Å². The van der Waals surface area contributed by atoms with Crippen LogP contribution in [-0.4, -0.2) is 54.0 Å². The number of benzene rings is 2. The van der Waals surface area contributed by atoms with E-state index in [0.717, 1.165) is 36.4 Å². The van der Waals surface area contributed by atoms with Crippen molar-refractivity contribution in [3.63, 3.8) is 0 Å². The predicted molar refractivity (Wildman–Crippen MR) is 136 cm³/mol. The summed E-state index contributed by atoms with van der Waals surface area (Å²) in [4.78, 5) is 40.6. The number of nitrogens with zero attached hydrogens (tertiary/aromatic N) is 2. The minimum absolute atomic E-state index is 0.0596. The number of sulfonamides is 1. The number of halogens is 1. The highest BCUT2D eigenvalue weighted by atomic mass is 35.5. The lowest BCUT2D eigenvalue weighted by molar-refractivity contribution is -0.141. The van der Waals surface area contributed by atoms with E-state index in [1.807, 2.05) is 0 Å². The Morgan fingerprint density at radius 3 is 2.44 bits per heavy atom. The zero-order chi connectivity index (χ0) is 25.9. The largest absolute Gasteiger partial charge is 0.352 e. The summed E-state index contributed by atoms with van der Waals surface area (Å²) < 4.78 is 26.5. The Balaban J connectivity index is 1.51. The van der Waals surface area contributed by atoms with Crippen LogP contribution in [0.2, 0.25) is 5.02 Å². The molecule has 0 bridgehead atoms. The van der Waals surface area contributed by atoms with Gasteiger partial charge in [0.15, 0.2) is 0 Å². The molecule has 0 aromatic heterocycles. The van der Waals surface area contributed by atoms with Gasteiger partial charge in [-0.15, -0.1) is 0 Å². The number of carbonyl (C=O) groups is 3. The molecule has 0 unspecified atom stereocenters. The molecule has 3 amide bonds. The number of carbonyl (C=O) groups excluding carboxylic acids is 3. The average molecular weight is 532 g/mol. The molecule has 1 N–H and O–H groups in total. The van der Waals surface area contributed by atoms with Gasteiger partial charge in [0.05, 0.1) is 5.56 Å². The number of nitrogens with one attached hydrogen (secondary N) is 1. The third-order valence-corrected chi connectivity index (χ3v) is 9.07. The third-order valence-electron chi connectivity index (χ3n) is 6.86. The lowest BCUT2D eigenvalue weighted by atomic mass is 9.95. The van der Waals surface area contributed by atoms with Crippen LogP contribution in [0.1, 0.15) is 61.4 Å². The molecule has 2 aromatic carbocycles. The van der Waals surface area contributed by atoms with Gasteiger partial charge in [-0.1, -0.05) is 61.2 Å². The van der Waals surface area contributed by atoms with Gasteiger partial charge in [-0.3, -0.25) is 14.4 Å². The van der Waals surface area contributed by atoms with Crippen molar-refractivity contribution in [1.29, 1.82) is 0 Å². The maximum absolute atomic E-state index is 13.4. The van der Waals surface area contributed by atoms with Gasteiger partial charge in [0.2, 0.25) is 11.8 Å². The van der Waals surface area contributed by atoms with Crippen LogP contribution in [0.15, 0.2) is 53.4 Å². The molecule has 36 heavy (non-hydrogen) atoms. The van der Waals surface area contributed by atoms with Crippen molar-refractivity contribution in [3.8, 4) is 0 Å². The predicted octanol–water partition coefficient (Wildman–Crippen LogP) is 3.74. The third kappa shape index (κ3) is 5.42. The van der Waals surface area contributed by atoms with E-state index < -0.39 is 27.9 Å². The van der Waals surface area contributed by atoms with Crippen LogP contribution in [-0.2, 0) is 26.2 Å². The van der Waals surface area contributed by atoms with Crippen LogP contribution in [0.5, 0.6) is 0 Å². The summed E-state index contributed by atoms with van der Waals surface area (Å²) in [5.41, 5.74) is 0.764. The fourth-order valence-electron chi connectivity index (χ4n) is 4.75. The number of rotatable bonds is 8. The maximum Gasteiger partial charge on any atom is 0.269 e. The van der Waals surface area contributed by atoms with Crippen molar-refractivity contribution in [2.45, 2.75) is 69.0 Å². The van der Waals surface area contributed by atoms with Crippen LogP contribution in [0, 0.1) is 0 Å². The quantitative estimate of drug-likeness (QED) is 0.559. The van der Waals surface area contributed by atoms with Gasteiger partial charge in [0.1, 0.15) is 10.9 Å². The molecule has 0 spiro atoms. The Morgan fingerprint density at radius 2 is 1.75 bits per heavy atom. The minimum Gasteiger partial charge on any atom is -0.352 e. The van der Waals surface area contributed by atoms with Crippen molar-refractivity contribution in [1.82, 2.24) is 14.5 Å². The first-order chi connectivity index (χ1) is 17.2. The van der Waals surface area contributed by atoms with Crippen LogP contribution in [0.4, 0.5) is 0 Å². The van der Waals surface area contributed by atoms with Crippen molar-refractivity contribution in [2.75, 3.05) is 6.54 Å². The summed E-state index contributed by atoms with van der Waals surface area (Å²) >= 11 is 6.33. The second-order valence-corrected chi connectivity index (χ2v) is 11.5. The molecular formula is C26H30ClN3O5S. The molecule has 0 saturated heterocycles. The van der Waals surface area contributed by atoms with Crippen molar-refractivity contribution >= 4 is 39.3 Å². The molecule has 192 valence electrons. The lowest BCUT2D eigenvalue weighted by Gasteiger charge is -2.31. The Hall–Kier alpha value is -2.91. The number of fused-ring (bicyclic) bond motifs is 1. The molecule has 1 aliphatic carbocycles. The van der Waals surface area contributed by atoms with E-state index in [4.69, 9.17) is 11.6 Å². The molecule has 1 saturated carbocycles. The SMILES string of the molecule is C[C@@H](C(=O)NC1CCCCC1)N(Cc1ccccc1Cl)C(=O)CCN1C(=O)c2ccccc2S1(=O)=O. The molecule has 1 heterocycles. The van der Waals surface area contributed by atoms with Crippen molar-refractivity contribution < 1.29 is 22.8 Å². The van der Waals surface area contributed by atoms with Crippen molar-refractivity contribution in [3.05, 3.63) is 64.7 Å². The summed E-state index contributed by atoms with van der Waals surface area (Å²) in [5, 5.41) is 3.52. The summed E-state index contributed by atoms with van der Waals surface area (Å²) in [5.74, 6) is -1.36. The van der Waals surface area contributed by atoms with Gasteiger partial charge in [0.25, 0.3) is 15.9 Å². The zero-order valence-electron chi connectivity index (χ0n) is 20.2. The Morgan fingerprint density at radius 1 is 1.08 bits per heavy atom.